The molecule has 1 amide bonds. The van der Waals surface area contributed by atoms with Crippen molar-refractivity contribution in [2.75, 3.05) is 37.6 Å². The Bertz CT molecular complexity index is 511. The zero-order chi connectivity index (χ0) is 17.5. The molecule has 2 rings (SSSR count). The number of para-hydroxylation sites is 1. The summed E-state index contributed by atoms with van der Waals surface area (Å²) in [5, 5.41) is 3.06. The van der Waals surface area contributed by atoms with Gasteiger partial charge >= 0.3 is 0 Å². The standard InChI is InChI=1S/C19H32N4O.3ClH/c1-15(2)13-18(20)19(24)21-16(3)14-22-9-11-23(12-10-22)17-7-5-4-6-8-17;;;/h4-8,15-16,18H,9-14,20H2,1-3H3,(H,21,24);3*1H/t16?,18-;;;/m0.../s1. The zero-order valence-electron chi connectivity index (χ0n) is 16.5. The smallest absolute Gasteiger partial charge is 0.237 e. The summed E-state index contributed by atoms with van der Waals surface area (Å²) in [6.07, 6.45) is 0.730. The molecule has 158 valence electrons. The molecule has 1 saturated heterocycles. The largest absolute Gasteiger partial charge is 0.369 e. The van der Waals surface area contributed by atoms with E-state index in [1.54, 1.807) is 0 Å². The van der Waals surface area contributed by atoms with E-state index in [0.29, 0.717) is 5.92 Å². The summed E-state index contributed by atoms with van der Waals surface area (Å²) in [6, 6.07) is 10.3. The van der Waals surface area contributed by atoms with E-state index in [1.165, 1.54) is 5.69 Å². The number of hydrogen-bond acceptors (Lipinski definition) is 4. The molecule has 1 aromatic carbocycles. The average molecular weight is 442 g/mol. The van der Waals surface area contributed by atoms with Gasteiger partial charge in [0.1, 0.15) is 0 Å². The van der Waals surface area contributed by atoms with E-state index >= 15 is 0 Å². The SMILES string of the molecule is CC(C)C[C@H](N)C(=O)NC(C)CN1CCN(c2ccccc2)CC1.Cl.Cl.Cl. The van der Waals surface area contributed by atoms with Gasteiger partial charge in [0.25, 0.3) is 0 Å². The Morgan fingerprint density at radius 3 is 2.11 bits per heavy atom. The van der Waals surface area contributed by atoms with E-state index in [9.17, 15) is 4.79 Å². The monoisotopic (exact) mass is 440 g/mol. The van der Waals surface area contributed by atoms with Gasteiger partial charge in [0.15, 0.2) is 0 Å². The molecule has 1 aliphatic rings. The minimum Gasteiger partial charge on any atom is -0.369 e. The number of amides is 1. The van der Waals surface area contributed by atoms with Crippen molar-refractivity contribution in [1.82, 2.24) is 10.2 Å². The van der Waals surface area contributed by atoms with Gasteiger partial charge in [0, 0.05) is 44.5 Å². The van der Waals surface area contributed by atoms with Gasteiger partial charge in [-0.1, -0.05) is 32.0 Å². The molecule has 5 nitrogen and oxygen atoms in total. The van der Waals surface area contributed by atoms with E-state index in [-0.39, 0.29) is 49.2 Å². The number of piperazine rings is 1. The molecule has 0 spiro atoms. The minimum atomic E-state index is -0.401. The van der Waals surface area contributed by atoms with E-state index in [4.69, 9.17) is 5.73 Å². The molecular formula is C19H35Cl3N4O. The van der Waals surface area contributed by atoms with Gasteiger partial charge in [-0.25, -0.2) is 0 Å². The summed E-state index contributed by atoms with van der Waals surface area (Å²) in [5.74, 6) is 0.409. The third-order valence-electron chi connectivity index (χ3n) is 4.48. The van der Waals surface area contributed by atoms with Crippen LogP contribution in [0.4, 0.5) is 5.69 Å². The Morgan fingerprint density at radius 2 is 1.59 bits per heavy atom. The minimum absolute atomic E-state index is 0. The van der Waals surface area contributed by atoms with Crippen molar-refractivity contribution in [3.63, 3.8) is 0 Å². The average Bonchev–Trinajstić information content (AvgIpc) is 2.55. The second kappa shape index (κ2) is 14.3. The topological polar surface area (TPSA) is 61.6 Å². The Morgan fingerprint density at radius 1 is 1.04 bits per heavy atom. The Labute approximate surface area is 182 Å². The normalized spacial score (nSPS) is 16.4. The van der Waals surface area contributed by atoms with Crippen LogP contribution in [-0.2, 0) is 4.79 Å². The highest BCUT2D eigenvalue weighted by molar-refractivity contribution is 5.86. The van der Waals surface area contributed by atoms with Gasteiger partial charge < -0.3 is 16.0 Å². The molecule has 1 fully saturated rings. The van der Waals surface area contributed by atoms with Crippen molar-refractivity contribution in [3.05, 3.63) is 30.3 Å². The molecule has 1 heterocycles. The molecule has 0 aromatic heterocycles. The van der Waals surface area contributed by atoms with Gasteiger partial charge in [-0.2, -0.15) is 0 Å². The lowest BCUT2D eigenvalue weighted by Crippen LogP contribution is -2.52. The van der Waals surface area contributed by atoms with Crippen LogP contribution in [0, 0.1) is 5.92 Å². The summed E-state index contributed by atoms with van der Waals surface area (Å²) < 4.78 is 0. The number of rotatable bonds is 7. The molecule has 8 heteroatoms. The quantitative estimate of drug-likeness (QED) is 0.683. The first-order valence-corrected chi connectivity index (χ1v) is 9.04. The van der Waals surface area contributed by atoms with Crippen LogP contribution >= 0.6 is 37.2 Å². The molecule has 1 unspecified atom stereocenters. The maximum Gasteiger partial charge on any atom is 0.237 e. The Hall–Kier alpha value is -0.720. The van der Waals surface area contributed by atoms with Crippen molar-refractivity contribution in [2.24, 2.45) is 11.7 Å². The third kappa shape index (κ3) is 9.86. The molecule has 2 atom stereocenters. The molecular weight excluding hydrogens is 407 g/mol. The maximum absolute atomic E-state index is 12.1. The summed E-state index contributed by atoms with van der Waals surface area (Å²) in [4.78, 5) is 16.9. The summed E-state index contributed by atoms with van der Waals surface area (Å²) in [6.45, 7) is 11.2. The number of nitrogens with one attached hydrogen (secondary N) is 1. The van der Waals surface area contributed by atoms with Crippen LogP contribution in [0.1, 0.15) is 27.2 Å². The van der Waals surface area contributed by atoms with Gasteiger partial charge in [0.05, 0.1) is 6.04 Å². The lowest BCUT2D eigenvalue weighted by molar-refractivity contribution is -0.123. The molecule has 1 aliphatic heterocycles. The lowest BCUT2D eigenvalue weighted by atomic mass is 10.0. The predicted octanol–water partition coefficient (Wildman–Crippen LogP) is 2.95. The van der Waals surface area contributed by atoms with Crippen LogP contribution < -0.4 is 16.0 Å². The van der Waals surface area contributed by atoms with Gasteiger partial charge in [-0.05, 0) is 31.4 Å². The fourth-order valence-corrected chi connectivity index (χ4v) is 3.23. The zero-order valence-corrected chi connectivity index (χ0v) is 18.9. The van der Waals surface area contributed by atoms with Crippen LogP contribution in [0.25, 0.3) is 0 Å². The highest BCUT2D eigenvalue weighted by Crippen LogP contribution is 2.15. The number of carbonyl (C=O) groups excluding carboxylic acids is 1. The van der Waals surface area contributed by atoms with E-state index in [0.717, 1.165) is 39.1 Å². The van der Waals surface area contributed by atoms with E-state index < -0.39 is 6.04 Å². The van der Waals surface area contributed by atoms with Crippen LogP contribution in [0.3, 0.4) is 0 Å². The van der Waals surface area contributed by atoms with E-state index in [1.807, 2.05) is 6.07 Å². The van der Waals surface area contributed by atoms with Crippen molar-refractivity contribution >= 4 is 48.8 Å². The Kier molecular flexibility index (Phi) is 15.1. The molecule has 3 N–H and O–H groups in total. The molecule has 0 saturated carbocycles. The second-order valence-electron chi connectivity index (χ2n) is 7.27. The number of carbonyl (C=O) groups is 1. The predicted molar refractivity (Wildman–Crippen MR) is 122 cm³/mol. The molecule has 0 bridgehead atoms. The molecule has 1 aromatic rings. The van der Waals surface area contributed by atoms with Crippen LogP contribution in [0.5, 0.6) is 0 Å². The second-order valence-corrected chi connectivity index (χ2v) is 7.27. The summed E-state index contributed by atoms with van der Waals surface area (Å²) in [7, 11) is 0. The van der Waals surface area contributed by atoms with Crippen LogP contribution in [-0.4, -0.2) is 55.6 Å². The number of benzene rings is 1. The fourth-order valence-electron chi connectivity index (χ4n) is 3.23. The van der Waals surface area contributed by atoms with Crippen molar-refractivity contribution in [2.45, 2.75) is 39.3 Å². The molecule has 0 aliphatic carbocycles. The van der Waals surface area contributed by atoms with Gasteiger partial charge in [-0.15, -0.1) is 37.2 Å². The highest BCUT2D eigenvalue weighted by atomic mass is 35.5. The number of nitrogens with zero attached hydrogens (tertiary/aromatic N) is 2. The van der Waals surface area contributed by atoms with Gasteiger partial charge in [0.2, 0.25) is 5.91 Å². The summed E-state index contributed by atoms with van der Waals surface area (Å²) >= 11 is 0. The summed E-state index contributed by atoms with van der Waals surface area (Å²) in [5.41, 5.74) is 7.24. The number of hydrogen-bond donors (Lipinski definition) is 2. The highest BCUT2D eigenvalue weighted by Gasteiger charge is 2.21. The first-order chi connectivity index (χ1) is 11.5. The maximum atomic E-state index is 12.1. The molecule has 0 radical (unpaired) electrons. The van der Waals surface area contributed by atoms with Crippen molar-refractivity contribution in [3.8, 4) is 0 Å². The van der Waals surface area contributed by atoms with Crippen molar-refractivity contribution < 1.29 is 4.79 Å². The fraction of sp³-hybridized carbons (Fsp3) is 0.632. The van der Waals surface area contributed by atoms with Crippen LogP contribution in [0.2, 0.25) is 0 Å². The molecule has 27 heavy (non-hydrogen) atoms. The van der Waals surface area contributed by atoms with Gasteiger partial charge in [-0.3, -0.25) is 9.69 Å². The first kappa shape index (κ1) is 28.5. The van der Waals surface area contributed by atoms with Crippen LogP contribution in [0.15, 0.2) is 30.3 Å². The van der Waals surface area contributed by atoms with E-state index in [2.05, 4.69) is 60.2 Å². The number of nitrogens with two attached hydrogens (primary N) is 1. The lowest BCUT2D eigenvalue weighted by Gasteiger charge is -2.37. The Balaban J connectivity index is 0. The van der Waals surface area contributed by atoms with Crippen molar-refractivity contribution in [1.29, 1.82) is 0 Å². The number of halogens is 3. The number of anilines is 1. The third-order valence-corrected chi connectivity index (χ3v) is 4.48. The first-order valence-electron chi connectivity index (χ1n) is 9.04.